The van der Waals surface area contributed by atoms with Crippen molar-refractivity contribution in [3.05, 3.63) is 96.2 Å². The Balaban J connectivity index is 1.24. The van der Waals surface area contributed by atoms with Crippen molar-refractivity contribution in [1.29, 1.82) is 0 Å². The molecule has 8 heteroatoms. The van der Waals surface area contributed by atoms with Gasteiger partial charge in [-0.1, -0.05) is 29.8 Å². The lowest BCUT2D eigenvalue weighted by Gasteiger charge is -2.18. The number of ether oxygens (including phenoxy) is 1. The van der Waals surface area contributed by atoms with Gasteiger partial charge in [-0.05, 0) is 55.3 Å². The van der Waals surface area contributed by atoms with Gasteiger partial charge in [-0.3, -0.25) is 0 Å². The van der Waals surface area contributed by atoms with Gasteiger partial charge in [-0.15, -0.1) is 0 Å². The Morgan fingerprint density at radius 2 is 1.84 bits per heavy atom. The number of hydrogen-bond donors (Lipinski definition) is 1. The molecule has 0 unspecified atom stereocenters. The van der Waals surface area contributed by atoms with Crippen LogP contribution in [0, 0.1) is 5.82 Å². The second-order valence-corrected chi connectivity index (χ2v) is 9.63. The molecule has 0 radical (unpaired) electrons. The zero-order valence-corrected chi connectivity index (χ0v) is 20.6. The van der Waals surface area contributed by atoms with E-state index in [1.807, 2.05) is 42.5 Å². The molecule has 4 heterocycles. The molecule has 0 spiro atoms. The number of allylic oxidation sites excluding steroid dienone is 1. The molecule has 2 aliphatic rings. The maximum absolute atomic E-state index is 13.7. The molecule has 188 valence electrons. The monoisotopic (exact) mass is 504 g/mol. The highest BCUT2D eigenvalue weighted by atomic mass is 19.1. The van der Waals surface area contributed by atoms with Crippen LogP contribution in [0.2, 0.25) is 0 Å². The van der Waals surface area contributed by atoms with Crippen molar-refractivity contribution in [2.45, 2.75) is 25.3 Å². The number of nitrogens with one attached hydrogen (secondary N) is 1. The molecule has 38 heavy (non-hydrogen) atoms. The van der Waals surface area contributed by atoms with Gasteiger partial charge >= 0.3 is 0 Å². The number of imidazole rings is 1. The molecule has 3 aromatic heterocycles. The SMILES string of the molecule is Fc1ccc(-c2nc3n(c2-c2ccnc(NCC4=CC4)n2)[C@H](COc2ccc4ccccc4n2)CC3)cc1. The molecule has 1 N–H and O–H groups in total. The van der Waals surface area contributed by atoms with E-state index in [-0.39, 0.29) is 11.9 Å². The van der Waals surface area contributed by atoms with Gasteiger partial charge in [0.25, 0.3) is 0 Å². The van der Waals surface area contributed by atoms with E-state index in [1.165, 1.54) is 17.7 Å². The second kappa shape index (κ2) is 9.37. The highest BCUT2D eigenvalue weighted by Gasteiger charge is 2.31. The van der Waals surface area contributed by atoms with E-state index in [4.69, 9.17) is 14.7 Å². The highest BCUT2D eigenvalue weighted by Crippen LogP contribution is 2.39. The molecule has 0 amide bonds. The zero-order chi connectivity index (χ0) is 25.5. The number of fused-ring (bicyclic) bond motifs is 2. The summed E-state index contributed by atoms with van der Waals surface area (Å²) in [4.78, 5) is 18.9. The van der Waals surface area contributed by atoms with Crippen molar-refractivity contribution in [2.75, 3.05) is 18.5 Å². The molecule has 1 aliphatic heterocycles. The van der Waals surface area contributed by atoms with Crippen LogP contribution in [0.4, 0.5) is 10.3 Å². The smallest absolute Gasteiger partial charge is 0.223 e. The van der Waals surface area contributed by atoms with Crippen molar-refractivity contribution >= 4 is 16.9 Å². The predicted octanol–water partition coefficient (Wildman–Crippen LogP) is 6.00. The van der Waals surface area contributed by atoms with E-state index >= 15 is 0 Å². The number of hydrogen-bond acceptors (Lipinski definition) is 6. The van der Waals surface area contributed by atoms with Crippen molar-refractivity contribution in [3.63, 3.8) is 0 Å². The van der Waals surface area contributed by atoms with Crippen molar-refractivity contribution in [1.82, 2.24) is 24.5 Å². The second-order valence-electron chi connectivity index (χ2n) is 9.63. The number of benzene rings is 2. The molecular formula is C30H25FN6O. The van der Waals surface area contributed by atoms with E-state index in [0.717, 1.165) is 65.2 Å². The van der Waals surface area contributed by atoms with E-state index in [0.29, 0.717) is 18.4 Å². The Kier molecular flexibility index (Phi) is 5.57. The van der Waals surface area contributed by atoms with Crippen molar-refractivity contribution in [3.8, 4) is 28.5 Å². The third-order valence-electron chi connectivity index (χ3n) is 7.03. The van der Waals surface area contributed by atoms with Gasteiger partial charge < -0.3 is 14.6 Å². The van der Waals surface area contributed by atoms with E-state index in [1.54, 1.807) is 18.3 Å². The summed E-state index contributed by atoms with van der Waals surface area (Å²) >= 11 is 0. The predicted molar refractivity (Wildman–Crippen MR) is 144 cm³/mol. The summed E-state index contributed by atoms with van der Waals surface area (Å²) in [6.07, 6.45) is 6.71. The Bertz CT molecular complexity index is 1680. The van der Waals surface area contributed by atoms with Gasteiger partial charge in [0.05, 0.1) is 28.6 Å². The van der Waals surface area contributed by atoms with Crippen LogP contribution in [-0.2, 0) is 6.42 Å². The summed E-state index contributed by atoms with van der Waals surface area (Å²) < 4.78 is 22.2. The van der Waals surface area contributed by atoms with Crippen molar-refractivity contribution < 1.29 is 9.13 Å². The molecule has 0 saturated heterocycles. The molecule has 0 saturated carbocycles. The fraction of sp³-hybridized carbons (Fsp3) is 0.200. The summed E-state index contributed by atoms with van der Waals surface area (Å²) in [5, 5.41) is 4.39. The summed E-state index contributed by atoms with van der Waals surface area (Å²) in [6, 6.07) is 20.4. The fourth-order valence-electron chi connectivity index (χ4n) is 4.98. The number of anilines is 1. The van der Waals surface area contributed by atoms with E-state index in [9.17, 15) is 4.39 Å². The van der Waals surface area contributed by atoms with Crippen LogP contribution in [0.1, 0.15) is 24.7 Å². The minimum absolute atomic E-state index is 0.0537. The van der Waals surface area contributed by atoms with Crippen LogP contribution in [0.25, 0.3) is 33.5 Å². The number of rotatable bonds is 8. The van der Waals surface area contributed by atoms with Crippen LogP contribution in [-0.4, -0.2) is 37.7 Å². The molecule has 7 rings (SSSR count). The summed E-state index contributed by atoms with van der Waals surface area (Å²) in [6.45, 7) is 1.20. The highest BCUT2D eigenvalue weighted by molar-refractivity contribution is 5.79. The lowest BCUT2D eigenvalue weighted by Crippen LogP contribution is -2.16. The first-order chi connectivity index (χ1) is 18.7. The third kappa shape index (κ3) is 4.38. The van der Waals surface area contributed by atoms with E-state index < -0.39 is 0 Å². The number of pyridine rings is 1. The molecular weight excluding hydrogens is 479 g/mol. The maximum atomic E-state index is 13.7. The average Bonchev–Trinajstić information content (AvgIpc) is 3.59. The largest absolute Gasteiger partial charge is 0.475 e. The maximum Gasteiger partial charge on any atom is 0.223 e. The van der Waals surface area contributed by atoms with Gasteiger partial charge in [0.1, 0.15) is 18.2 Å². The number of nitrogens with zero attached hydrogens (tertiary/aromatic N) is 5. The molecule has 5 aromatic rings. The van der Waals surface area contributed by atoms with Gasteiger partial charge in [0, 0.05) is 36.2 Å². The first-order valence-corrected chi connectivity index (χ1v) is 12.8. The van der Waals surface area contributed by atoms with Gasteiger partial charge in [0.15, 0.2) is 0 Å². The number of aromatic nitrogens is 5. The first kappa shape index (κ1) is 22.6. The van der Waals surface area contributed by atoms with Gasteiger partial charge in [-0.25, -0.2) is 24.3 Å². The van der Waals surface area contributed by atoms with Crippen molar-refractivity contribution in [2.24, 2.45) is 0 Å². The minimum atomic E-state index is -0.279. The van der Waals surface area contributed by atoms with E-state index in [2.05, 4.69) is 25.9 Å². The average molecular weight is 505 g/mol. The Morgan fingerprint density at radius 3 is 2.71 bits per heavy atom. The molecule has 7 nitrogen and oxygen atoms in total. The normalized spacial score (nSPS) is 15.8. The van der Waals surface area contributed by atoms with Crippen LogP contribution in [0.3, 0.4) is 0 Å². The number of para-hydroxylation sites is 1. The zero-order valence-electron chi connectivity index (χ0n) is 20.6. The van der Waals surface area contributed by atoms with Crippen LogP contribution < -0.4 is 10.1 Å². The molecule has 0 fully saturated rings. The Morgan fingerprint density at radius 1 is 0.974 bits per heavy atom. The molecule has 1 atom stereocenters. The van der Waals surface area contributed by atoms with Gasteiger partial charge in [-0.2, -0.15) is 0 Å². The summed E-state index contributed by atoms with van der Waals surface area (Å²) in [5.41, 5.74) is 5.54. The van der Waals surface area contributed by atoms with Crippen LogP contribution in [0.15, 0.2) is 84.6 Å². The minimum Gasteiger partial charge on any atom is -0.475 e. The number of halogens is 1. The number of aryl methyl sites for hydroxylation is 1. The van der Waals surface area contributed by atoms with Gasteiger partial charge in [0.2, 0.25) is 11.8 Å². The Hall–Kier alpha value is -4.59. The first-order valence-electron chi connectivity index (χ1n) is 12.8. The quantitative estimate of drug-likeness (QED) is 0.261. The standard InChI is InChI=1S/C30H25FN6O/c31-22-10-7-21(8-11-22)28-29(25-15-16-32-30(35-25)33-17-19-5-6-19)37-23(12-13-26(37)36-28)18-38-27-14-9-20-3-1-2-4-24(20)34-27/h1-5,7-11,14-16,23H,6,12-13,17-18H2,(H,32,33,35)/t23-/m0/s1. The summed E-state index contributed by atoms with van der Waals surface area (Å²) in [5.74, 6) is 1.86. The molecule has 2 aromatic carbocycles. The summed E-state index contributed by atoms with van der Waals surface area (Å²) in [7, 11) is 0. The topological polar surface area (TPSA) is 77.8 Å². The Labute approximate surface area is 219 Å². The lowest BCUT2D eigenvalue weighted by molar-refractivity contribution is 0.248. The molecule has 1 aliphatic carbocycles. The lowest BCUT2D eigenvalue weighted by atomic mass is 10.1. The third-order valence-corrected chi connectivity index (χ3v) is 7.03. The molecule has 0 bridgehead atoms. The van der Waals surface area contributed by atoms with Crippen LogP contribution in [0.5, 0.6) is 5.88 Å². The fourth-order valence-corrected chi connectivity index (χ4v) is 4.98. The van der Waals surface area contributed by atoms with Crippen LogP contribution >= 0.6 is 0 Å².